The van der Waals surface area contributed by atoms with Gasteiger partial charge in [-0.25, -0.2) is 10.2 Å². The topological polar surface area (TPSA) is 53.9 Å². The van der Waals surface area contributed by atoms with Gasteiger partial charge >= 0.3 is 6.03 Å². The fraction of sp³-hybridized carbons (Fsp3) is 0.238. The molecule has 0 aliphatic rings. The van der Waals surface area contributed by atoms with Crippen molar-refractivity contribution in [3.8, 4) is 5.75 Å². The van der Waals surface area contributed by atoms with Crippen LogP contribution in [0.4, 0.5) is 4.79 Å². The molecular weight excluding hydrogens is 477 g/mol. The summed E-state index contributed by atoms with van der Waals surface area (Å²) < 4.78 is 6.73. The number of para-hydroxylation sites is 1. The van der Waals surface area contributed by atoms with E-state index in [1.165, 1.54) is 11.1 Å². The van der Waals surface area contributed by atoms with Crippen molar-refractivity contribution >= 4 is 50.9 Å². The molecule has 0 radical (unpaired) electrons. The fourth-order valence-electron chi connectivity index (χ4n) is 2.31. The van der Waals surface area contributed by atoms with E-state index in [-0.39, 0.29) is 11.1 Å². The molecule has 0 saturated heterocycles. The Labute approximate surface area is 189 Å². The van der Waals surface area contributed by atoms with E-state index in [4.69, 9.17) is 27.9 Å². The number of halogens is 3. The Kier molecular flexibility index (Phi) is 8.56. The third kappa shape index (κ3) is 7.72. The van der Waals surface area contributed by atoms with Crippen LogP contribution in [0.3, 0.4) is 0 Å². The predicted molar refractivity (Wildman–Crippen MR) is 123 cm³/mol. The molecule has 0 aromatic heterocycles. The van der Waals surface area contributed by atoms with Crippen LogP contribution in [0.15, 0.2) is 74.9 Å². The number of amides is 2. The number of carbonyl (C=O) groups is 1. The fourth-order valence-corrected chi connectivity index (χ4v) is 2.77. The molecule has 2 aromatic rings. The van der Waals surface area contributed by atoms with Crippen molar-refractivity contribution in [2.75, 3.05) is 6.61 Å². The highest BCUT2D eigenvalue weighted by Gasteiger charge is 2.25. The number of hydrogen-bond acceptors (Lipinski definition) is 3. The molecule has 0 unspecified atom stereocenters. The molecule has 0 aliphatic heterocycles. The first kappa shape index (κ1) is 23.3. The molecule has 1 N–H and O–H groups in total. The van der Waals surface area contributed by atoms with E-state index >= 15 is 0 Å². The minimum Gasteiger partial charge on any atom is -0.487 e. The summed E-state index contributed by atoms with van der Waals surface area (Å²) in [5.41, 5.74) is 3.39. The molecule has 0 atom stereocenters. The van der Waals surface area contributed by atoms with Crippen LogP contribution in [0.5, 0.6) is 5.75 Å². The van der Waals surface area contributed by atoms with Gasteiger partial charge in [0.25, 0.3) is 0 Å². The third-order valence-corrected chi connectivity index (χ3v) is 4.47. The number of nitrogens with zero attached hydrogens (tertiary/aromatic N) is 2. The van der Waals surface area contributed by atoms with Gasteiger partial charge in [0.15, 0.2) is 0 Å². The lowest BCUT2D eigenvalue weighted by Gasteiger charge is -2.32. The molecule has 0 saturated carbocycles. The average molecular weight is 499 g/mol. The van der Waals surface area contributed by atoms with Crippen molar-refractivity contribution in [3.63, 3.8) is 0 Å². The van der Waals surface area contributed by atoms with Crippen molar-refractivity contribution in [2.24, 2.45) is 5.10 Å². The summed E-state index contributed by atoms with van der Waals surface area (Å²) in [7, 11) is 0. The number of urea groups is 1. The van der Waals surface area contributed by atoms with Crippen LogP contribution >= 0.6 is 39.1 Å². The summed E-state index contributed by atoms with van der Waals surface area (Å²) in [6.45, 7) is 5.75. The molecule has 2 rings (SSSR count). The lowest BCUT2D eigenvalue weighted by Crippen LogP contribution is -2.46. The van der Waals surface area contributed by atoms with E-state index in [2.05, 4.69) is 26.5 Å². The summed E-state index contributed by atoms with van der Waals surface area (Å²) in [5, 5.41) is 4.30. The molecule has 5 nitrogen and oxygen atoms in total. The first-order chi connectivity index (χ1) is 13.7. The maximum atomic E-state index is 12.7. The second kappa shape index (κ2) is 10.7. The van der Waals surface area contributed by atoms with Crippen LogP contribution in [0.1, 0.15) is 26.3 Å². The molecule has 0 bridgehead atoms. The van der Waals surface area contributed by atoms with E-state index in [0.717, 1.165) is 10.0 Å². The van der Waals surface area contributed by atoms with Gasteiger partial charge < -0.3 is 4.74 Å². The van der Waals surface area contributed by atoms with Gasteiger partial charge in [0, 0.05) is 21.8 Å². The summed E-state index contributed by atoms with van der Waals surface area (Å²) in [4.78, 5) is 14.1. The molecule has 154 valence electrons. The van der Waals surface area contributed by atoms with Crippen LogP contribution in [-0.2, 0) is 0 Å². The van der Waals surface area contributed by atoms with Crippen molar-refractivity contribution in [3.05, 3.63) is 75.3 Å². The number of carbonyl (C=O) groups excluding carboxylic acids is 1. The molecule has 0 heterocycles. The smallest absolute Gasteiger partial charge is 0.342 e. The summed E-state index contributed by atoms with van der Waals surface area (Å²) in [6.07, 6.45) is 1.35. The summed E-state index contributed by atoms with van der Waals surface area (Å²) >= 11 is 14.9. The maximum Gasteiger partial charge on any atom is 0.342 e. The highest BCUT2D eigenvalue weighted by Crippen LogP contribution is 2.19. The molecule has 0 aliphatic carbocycles. The normalized spacial score (nSPS) is 11.6. The average Bonchev–Trinajstić information content (AvgIpc) is 2.66. The van der Waals surface area contributed by atoms with Crippen LogP contribution in [0, 0.1) is 0 Å². The van der Waals surface area contributed by atoms with Crippen molar-refractivity contribution < 1.29 is 9.53 Å². The Morgan fingerprint density at radius 2 is 1.76 bits per heavy atom. The zero-order valence-corrected chi connectivity index (χ0v) is 19.4. The number of hydrazone groups is 1. The van der Waals surface area contributed by atoms with Gasteiger partial charge in [-0.2, -0.15) is 5.10 Å². The second-order valence-corrected chi connectivity index (χ2v) is 8.97. The summed E-state index contributed by atoms with van der Waals surface area (Å²) in [6, 6.07) is 16.5. The molecule has 8 heteroatoms. The molecule has 0 spiro atoms. The number of hydrogen-bond donors (Lipinski definition) is 1. The SMILES string of the molecule is CC(C)(C)N(C=C(Cl)Cl)C(=O)N/N=C(/COc1ccccc1)c1ccc(Br)cc1. The molecule has 2 amide bonds. The Morgan fingerprint density at radius 1 is 1.14 bits per heavy atom. The number of benzene rings is 2. The zero-order chi connectivity index (χ0) is 21.4. The minimum atomic E-state index is -0.549. The van der Waals surface area contributed by atoms with Gasteiger partial charge in [0.05, 0.1) is 0 Å². The van der Waals surface area contributed by atoms with Gasteiger partial charge in [-0.3, -0.25) is 4.90 Å². The Hall–Kier alpha value is -2.02. The van der Waals surface area contributed by atoms with Gasteiger partial charge in [0.2, 0.25) is 0 Å². The molecule has 29 heavy (non-hydrogen) atoms. The molecule has 0 fully saturated rings. The van der Waals surface area contributed by atoms with Gasteiger partial charge in [-0.1, -0.05) is 69.5 Å². The Morgan fingerprint density at radius 3 is 2.31 bits per heavy atom. The Bertz CT molecular complexity index is 875. The highest BCUT2D eigenvalue weighted by molar-refractivity contribution is 9.10. The molecular formula is C21H22BrCl2N3O2. The van der Waals surface area contributed by atoms with Crippen LogP contribution < -0.4 is 10.2 Å². The highest BCUT2D eigenvalue weighted by atomic mass is 79.9. The quantitative estimate of drug-likeness (QED) is 0.374. The zero-order valence-electron chi connectivity index (χ0n) is 16.3. The summed E-state index contributed by atoms with van der Waals surface area (Å²) in [5.74, 6) is 0.705. The first-order valence-electron chi connectivity index (χ1n) is 8.79. The lowest BCUT2D eigenvalue weighted by molar-refractivity contribution is 0.179. The number of nitrogens with one attached hydrogen (secondary N) is 1. The van der Waals surface area contributed by atoms with Crippen molar-refractivity contribution in [2.45, 2.75) is 26.3 Å². The standard InChI is InChI=1S/C21H22BrCl2N3O2/c1-21(2,3)27(13-19(23)24)20(28)26-25-18(15-9-11-16(22)12-10-15)14-29-17-7-5-4-6-8-17/h4-13H,14H2,1-3H3,(H,26,28)/b25-18-. The van der Waals surface area contributed by atoms with Crippen LogP contribution in [0.25, 0.3) is 0 Å². The maximum absolute atomic E-state index is 12.7. The van der Waals surface area contributed by atoms with E-state index in [0.29, 0.717) is 11.5 Å². The number of ether oxygens (including phenoxy) is 1. The minimum absolute atomic E-state index is 0.0281. The van der Waals surface area contributed by atoms with Crippen LogP contribution in [-0.4, -0.2) is 28.8 Å². The second-order valence-electron chi connectivity index (χ2n) is 7.04. The van der Waals surface area contributed by atoms with Gasteiger partial charge in [-0.15, -0.1) is 0 Å². The van der Waals surface area contributed by atoms with Crippen molar-refractivity contribution in [1.82, 2.24) is 10.3 Å². The van der Waals surface area contributed by atoms with Crippen LogP contribution in [0.2, 0.25) is 0 Å². The Balaban J connectivity index is 2.24. The van der Waals surface area contributed by atoms with Gasteiger partial charge in [-0.05, 0) is 45.0 Å². The van der Waals surface area contributed by atoms with E-state index in [1.54, 1.807) is 0 Å². The number of rotatable bonds is 6. The molecule has 2 aromatic carbocycles. The van der Waals surface area contributed by atoms with Crippen molar-refractivity contribution in [1.29, 1.82) is 0 Å². The lowest BCUT2D eigenvalue weighted by atomic mass is 10.1. The van der Waals surface area contributed by atoms with E-state index in [1.807, 2.05) is 75.4 Å². The van der Waals surface area contributed by atoms with E-state index < -0.39 is 11.6 Å². The predicted octanol–water partition coefficient (Wildman–Crippen LogP) is 6.32. The largest absolute Gasteiger partial charge is 0.487 e. The van der Waals surface area contributed by atoms with Gasteiger partial charge in [0.1, 0.15) is 22.6 Å². The van der Waals surface area contributed by atoms with E-state index in [9.17, 15) is 4.79 Å². The monoisotopic (exact) mass is 497 g/mol. The first-order valence-corrected chi connectivity index (χ1v) is 10.3. The third-order valence-electron chi connectivity index (χ3n) is 3.75.